The molecule has 0 radical (unpaired) electrons. The van der Waals surface area contributed by atoms with Crippen molar-refractivity contribution < 1.29 is 14.7 Å². The molecule has 6 rings (SSSR count). The zero-order valence-corrected chi connectivity index (χ0v) is 22.8. The van der Waals surface area contributed by atoms with Crippen LogP contribution in [0.4, 0.5) is 0 Å². The fourth-order valence-electron chi connectivity index (χ4n) is 5.34. The lowest BCUT2D eigenvalue weighted by Gasteiger charge is -2.19. The molecule has 0 aliphatic carbocycles. The Morgan fingerprint density at radius 3 is 2.15 bits per heavy atom. The number of aromatic nitrogens is 2. The van der Waals surface area contributed by atoms with Gasteiger partial charge in [-0.15, -0.1) is 0 Å². The molecule has 1 amide bonds. The van der Waals surface area contributed by atoms with E-state index >= 15 is 0 Å². The number of hydrogen-bond donors (Lipinski definition) is 2. The predicted octanol–water partition coefficient (Wildman–Crippen LogP) is 7.66. The third-order valence-electron chi connectivity index (χ3n) is 7.67. The number of rotatable bonds is 7. The Hall–Kier alpha value is -5.23. The number of hydrogen-bond acceptors (Lipinski definition) is 3. The van der Waals surface area contributed by atoms with E-state index in [4.69, 9.17) is 5.10 Å². The summed E-state index contributed by atoms with van der Waals surface area (Å²) in [5.41, 5.74) is 5.35. The van der Waals surface area contributed by atoms with Gasteiger partial charge < -0.3 is 10.4 Å². The average molecular weight is 540 g/mol. The third kappa shape index (κ3) is 5.08. The molecule has 0 saturated carbocycles. The molecule has 2 N–H and O–H groups in total. The third-order valence-corrected chi connectivity index (χ3v) is 7.67. The van der Waals surface area contributed by atoms with Crippen molar-refractivity contribution in [3.63, 3.8) is 0 Å². The molecule has 0 bridgehead atoms. The van der Waals surface area contributed by atoms with Crippen LogP contribution >= 0.6 is 0 Å². The van der Waals surface area contributed by atoms with E-state index in [0.29, 0.717) is 5.56 Å². The molecule has 0 aliphatic heterocycles. The number of amides is 1. The quantitative estimate of drug-likeness (QED) is 0.218. The molecule has 0 saturated heterocycles. The van der Waals surface area contributed by atoms with Gasteiger partial charge in [-0.3, -0.25) is 9.48 Å². The molecule has 0 unspecified atom stereocenters. The van der Waals surface area contributed by atoms with Crippen molar-refractivity contribution >= 4 is 33.6 Å². The minimum Gasteiger partial charge on any atom is -0.478 e. The van der Waals surface area contributed by atoms with Crippen LogP contribution in [0, 0.1) is 0 Å². The van der Waals surface area contributed by atoms with E-state index in [1.807, 2.05) is 66.3 Å². The van der Waals surface area contributed by atoms with E-state index < -0.39 is 5.97 Å². The number of fused-ring (bicyclic) bond motifs is 2. The van der Waals surface area contributed by atoms with Crippen LogP contribution < -0.4 is 5.32 Å². The summed E-state index contributed by atoms with van der Waals surface area (Å²) >= 11 is 0. The second kappa shape index (κ2) is 10.7. The zero-order chi connectivity index (χ0) is 28.5. The first-order chi connectivity index (χ1) is 19.9. The number of aromatic carboxylic acids is 1. The van der Waals surface area contributed by atoms with Crippen molar-refractivity contribution in [2.24, 2.45) is 0 Å². The molecule has 0 aliphatic rings. The summed E-state index contributed by atoms with van der Waals surface area (Å²) in [6.45, 7) is 3.98. The normalized spacial score (nSPS) is 12.7. The molecule has 0 spiro atoms. The Morgan fingerprint density at radius 2 is 1.41 bits per heavy atom. The van der Waals surface area contributed by atoms with Crippen LogP contribution in [0.2, 0.25) is 0 Å². The second-order valence-electron chi connectivity index (χ2n) is 10.3. The van der Waals surface area contributed by atoms with Gasteiger partial charge in [0.2, 0.25) is 0 Å². The van der Waals surface area contributed by atoms with Gasteiger partial charge in [0.15, 0.2) is 0 Å². The van der Waals surface area contributed by atoms with E-state index in [0.717, 1.165) is 38.5 Å². The summed E-state index contributed by atoms with van der Waals surface area (Å²) in [6.07, 6.45) is 1.82. The van der Waals surface area contributed by atoms with Gasteiger partial charge in [0, 0.05) is 5.39 Å². The van der Waals surface area contributed by atoms with Gasteiger partial charge in [-0.25, -0.2) is 4.79 Å². The molecule has 6 aromatic rings. The van der Waals surface area contributed by atoms with E-state index in [1.165, 1.54) is 5.39 Å². The lowest BCUT2D eigenvalue weighted by Crippen LogP contribution is -2.27. The Morgan fingerprint density at radius 1 is 0.732 bits per heavy atom. The summed E-state index contributed by atoms with van der Waals surface area (Å²) < 4.78 is 1.93. The number of benzene rings is 5. The fourth-order valence-corrected chi connectivity index (χ4v) is 5.34. The molecule has 6 heteroatoms. The molecule has 1 heterocycles. The van der Waals surface area contributed by atoms with Crippen molar-refractivity contribution in [1.29, 1.82) is 0 Å². The summed E-state index contributed by atoms with van der Waals surface area (Å²) in [5.74, 6) is -1.21. The van der Waals surface area contributed by atoms with Crippen LogP contribution in [-0.2, 0) is 0 Å². The summed E-state index contributed by atoms with van der Waals surface area (Å²) in [6, 6.07) is 34.8. The van der Waals surface area contributed by atoms with Gasteiger partial charge in [-0.05, 0) is 77.2 Å². The lowest BCUT2D eigenvalue weighted by molar-refractivity contribution is 0.0696. The van der Waals surface area contributed by atoms with Gasteiger partial charge in [-0.1, -0.05) is 78.9 Å². The van der Waals surface area contributed by atoms with E-state index in [2.05, 4.69) is 48.6 Å². The number of nitrogens with zero attached hydrogens (tertiary/aromatic N) is 2. The highest BCUT2D eigenvalue weighted by molar-refractivity contribution is 6.07. The second-order valence-corrected chi connectivity index (χ2v) is 10.3. The van der Waals surface area contributed by atoms with Crippen molar-refractivity contribution in [2.45, 2.75) is 25.9 Å². The van der Waals surface area contributed by atoms with Crippen LogP contribution in [0.5, 0.6) is 0 Å². The van der Waals surface area contributed by atoms with Gasteiger partial charge in [0.05, 0.1) is 34.9 Å². The number of carboxylic acid groups (broad SMARTS) is 1. The Kier molecular flexibility index (Phi) is 6.81. The molecule has 41 heavy (non-hydrogen) atoms. The number of nitrogens with one attached hydrogen (secondary N) is 1. The molecule has 202 valence electrons. The van der Waals surface area contributed by atoms with Gasteiger partial charge >= 0.3 is 5.97 Å². The Balaban J connectivity index is 1.42. The molecule has 5 aromatic carbocycles. The predicted molar refractivity (Wildman–Crippen MR) is 162 cm³/mol. The maximum Gasteiger partial charge on any atom is 0.335 e. The van der Waals surface area contributed by atoms with Crippen molar-refractivity contribution in [2.75, 3.05) is 0 Å². The van der Waals surface area contributed by atoms with Crippen LogP contribution in [0.3, 0.4) is 0 Å². The highest BCUT2D eigenvalue weighted by atomic mass is 16.4. The zero-order valence-electron chi connectivity index (χ0n) is 22.8. The largest absolute Gasteiger partial charge is 0.478 e. The van der Waals surface area contributed by atoms with Crippen molar-refractivity contribution in [3.05, 3.63) is 138 Å². The van der Waals surface area contributed by atoms with Crippen LogP contribution in [0.25, 0.3) is 32.8 Å². The molecule has 2 atom stereocenters. The minimum atomic E-state index is -0.984. The van der Waals surface area contributed by atoms with E-state index in [9.17, 15) is 14.7 Å². The maximum atomic E-state index is 13.9. The smallest absolute Gasteiger partial charge is 0.335 e. The van der Waals surface area contributed by atoms with Crippen molar-refractivity contribution in [1.82, 2.24) is 15.1 Å². The lowest BCUT2D eigenvalue weighted by atomic mass is 9.98. The van der Waals surface area contributed by atoms with E-state index in [1.54, 1.807) is 24.3 Å². The maximum absolute atomic E-state index is 13.9. The first kappa shape index (κ1) is 26.0. The molecule has 0 fully saturated rings. The molecule has 1 aromatic heterocycles. The van der Waals surface area contributed by atoms with Gasteiger partial charge in [0.1, 0.15) is 0 Å². The first-order valence-corrected chi connectivity index (χ1v) is 13.6. The average Bonchev–Trinajstić information content (AvgIpc) is 3.44. The molecular formula is C35H29N3O3. The van der Waals surface area contributed by atoms with Gasteiger partial charge in [-0.2, -0.15) is 5.10 Å². The topological polar surface area (TPSA) is 84.2 Å². The minimum absolute atomic E-state index is 0.118. The van der Waals surface area contributed by atoms with Gasteiger partial charge in [0.25, 0.3) is 5.91 Å². The summed E-state index contributed by atoms with van der Waals surface area (Å²) in [7, 11) is 0. The van der Waals surface area contributed by atoms with Crippen LogP contribution in [0.15, 0.2) is 115 Å². The molecule has 6 nitrogen and oxygen atoms in total. The molecular weight excluding hydrogens is 510 g/mol. The number of carbonyl (C=O) groups is 2. The highest BCUT2D eigenvalue weighted by Gasteiger charge is 2.22. The van der Waals surface area contributed by atoms with Crippen molar-refractivity contribution in [3.8, 4) is 11.1 Å². The number of carboxylic acids is 1. The summed E-state index contributed by atoms with van der Waals surface area (Å²) in [4.78, 5) is 25.2. The summed E-state index contributed by atoms with van der Waals surface area (Å²) in [5, 5.41) is 20.3. The van der Waals surface area contributed by atoms with E-state index in [-0.39, 0.29) is 23.6 Å². The Bertz CT molecular complexity index is 1890. The highest BCUT2D eigenvalue weighted by Crippen LogP contribution is 2.32. The monoisotopic (exact) mass is 539 g/mol. The standard InChI is InChI=1S/C35H29N3O3/c1-22(24-12-15-27(16-13-24)35(40)41)37-34(39)32-20-30(25-8-4-3-5-9-25)19-31-21-36-38(33(31)32)23(2)28-17-14-26-10-6-7-11-29(26)18-28/h3-23H,1-2H3,(H,37,39)(H,40,41)/t22-,23-/m0/s1. The first-order valence-electron chi connectivity index (χ1n) is 13.6. The Labute approximate surface area is 237 Å². The van der Waals surface area contributed by atoms with Crippen LogP contribution in [-0.4, -0.2) is 26.8 Å². The SMILES string of the molecule is C[C@H](NC(=O)c1cc(-c2ccccc2)cc2cnn([C@@H](C)c3ccc4ccccc4c3)c12)c1ccc(C(=O)O)cc1. The number of carbonyl (C=O) groups excluding carboxylic acids is 1. The van der Waals surface area contributed by atoms with Crippen LogP contribution in [0.1, 0.15) is 57.8 Å². The fraction of sp³-hybridized carbons (Fsp3) is 0.114.